The number of rotatable bonds is 7. The van der Waals surface area contributed by atoms with Crippen LogP contribution in [-0.4, -0.2) is 34.1 Å². The van der Waals surface area contributed by atoms with E-state index in [1.54, 1.807) is 24.5 Å². The summed E-state index contributed by atoms with van der Waals surface area (Å²) in [4.78, 5) is 19.0. The van der Waals surface area contributed by atoms with E-state index in [1.165, 1.54) is 27.4 Å². The first-order chi connectivity index (χ1) is 14.1. The summed E-state index contributed by atoms with van der Waals surface area (Å²) >= 11 is 0. The highest BCUT2D eigenvalue weighted by Gasteiger charge is 2.17. The smallest absolute Gasteiger partial charge is 0.270 e. The summed E-state index contributed by atoms with van der Waals surface area (Å²) in [6.45, 7) is 6.08. The first-order valence-corrected chi connectivity index (χ1v) is 9.84. The van der Waals surface area contributed by atoms with Crippen LogP contribution in [-0.2, 0) is 32.7 Å². The molecule has 0 amide bonds. The highest BCUT2D eigenvalue weighted by atomic mass is 16.5. The third-order valence-electron chi connectivity index (χ3n) is 5.20. The standard InChI is InChI=1S/C22H23BN4O2/c1-2-26-13-17-4-3-16(9-18(17)14-26)7-8-27-22(28)10-21(12-25-27)29-15-20-6-5-19(23)11-24-20/h3-6,9-12H,2,7-8,13-15H2,1H3. The Labute approximate surface area is 171 Å². The summed E-state index contributed by atoms with van der Waals surface area (Å²) in [6, 6.07) is 11.6. The number of benzene rings is 1. The molecule has 1 aliphatic rings. The SMILES string of the molecule is [B]c1ccc(COc2cnn(CCc3ccc4c(c3)CN(CC)C4)c(=O)c2)nc1. The van der Waals surface area contributed by atoms with Crippen LogP contribution in [0.3, 0.4) is 0 Å². The largest absolute Gasteiger partial charge is 0.485 e. The number of hydrogen-bond donors (Lipinski definition) is 0. The van der Waals surface area contributed by atoms with E-state index in [1.807, 2.05) is 0 Å². The van der Waals surface area contributed by atoms with Gasteiger partial charge in [0, 0.05) is 31.9 Å². The fourth-order valence-electron chi connectivity index (χ4n) is 3.47. The molecule has 0 fully saturated rings. The lowest BCUT2D eigenvalue weighted by atomic mass is 9.99. The monoisotopic (exact) mass is 386 g/mol. The van der Waals surface area contributed by atoms with Crippen molar-refractivity contribution in [2.24, 2.45) is 0 Å². The quantitative estimate of drug-likeness (QED) is 0.578. The number of hydrogen-bond acceptors (Lipinski definition) is 5. The van der Waals surface area contributed by atoms with Gasteiger partial charge in [-0.15, -0.1) is 0 Å². The van der Waals surface area contributed by atoms with Gasteiger partial charge in [-0.25, -0.2) is 4.68 Å². The molecule has 146 valence electrons. The molecule has 0 bridgehead atoms. The van der Waals surface area contributed by atoms with Crippen LogP contribution in [0.2, 0.25) is 0 Å². The maximum Gasteiger partial charge on any atom is 0.270 e. The Hall–Kier alpha value is -2.93. The molecule has 0 spiro atoms. The highest BCUT2D eigenvalue weighted by molar-refractivity contribution is 6.31. The van der Waals surface area contributed by atoms with Gasteiger partial charge in [-0.2, -0.15) is 5.10 Å². The van der Waals surface area contributed by atoms with E-state index in [4.69, 9.17) is 12.6 Å². The minimum absolute atomic E-state index is 0.175. The molecule has 29 heavy (non-hydrogen) atoms. The van der Waals surface area contributed by atoms with Crippen LogP contribution < -0.4 is 15.8 Å². The minimum atomic E-state index is -0.175. The lowest BCUT2D eigenvalue weighted by Gasteiger charge is -2.09. The zero-order chi connectivity index (χ0) is 20.2. The summed E-state index contributed by atoms with van der Waals surface area (Å²) < 4.78 is 7.09. The van der Waals surface area contributed by atoms with Gasteiger partial charge in [0.05, 0.1) is 11.9 Å². The Morgan fingerprint density at radius 3 is 2.72 bits per heavy atom. The van der Waals surface area contributed by atoms with Gasteiger partial charge in [-0.05, 0) is 35.7 Å². The maximum absolute atomic E-state index is 12.4. The van der Waals surface area contributed by atoms with Crippen molar-refractivity contribution in [1.82, 2.24) is 19.7 Å². The van der Waals surface area contributed by atoms with Crippen LogP contribution in [0.5, 0.6) is 5.75 Å². The predicted octanol–water partition coefficient (Wildman–Crippen LogP) is 1.59. The lowest BCUT2D eigenvalue weighted by molar-refractivity contribution is 0.297. The summed E-state index contributed by atoms with van der Waals surface area (Å²) in [6.07, 6.45) is 3.91. The number of aryl methyl sites for hydroxylation is 2. The second-order valence-electron chi connectivity index (χ2n) is 7.28. The molecule has 0 unspecified atom stereocenters. The lowest BCUT2D eigenvalue weighted by Crippen LogP contribution is -2.23. The summed E-state index contributed by atoms with van der Waals surface area (Å²) in [5.74, 6) is 0.432. The van der Waals surface area contributed by atoms with Crippen molar-refractivity contribution in [3.8, 4) is 5.75 Å². The molecule has 3 aromatic rings. The molecule has 6 nitrogen and oxygen atoms in total. The maximum atomic E-state index is 12.4. The van der Waals surface area contributed by atoms with Gasteiger partial charge < -0.3 is 4.74 Å². The van der Waals surface area contributed by atoms with Crippen molar-refractivity contribution in [2.45, 2.75) is 39.6 Å². The van der Waals surface area contributed by atoms with Crippen molar-refractivity contribution >= 4 is 13.3 Å². The van der Waals surface area contributed by atoms with Crippen molar-refractivity contribution in [3.05, 3.63) is 81.5 Å². The molecule has 0 N–H and O–H groups in total. The zero-order valence-corrected chi connectivity index (χ0v) is 16.5. The van der Waals surface area contributed by atoms with Gasteiger partial charge in [0.2, 0.25) is 0 Å². The molecule has 0 saturated heterocycles. The third kappa shape index (κ3) is 4.74. The fraction of sp³-hybridized carbons (Fsp3) is 0.318. The van der Waals surface area contributed by atoms with Gasteiger partial charge in [-0.1, -0.05) is 36.7 Å². The molecular weight excluding hydrogens is 363 g/mol. The molecule has 2 radical (unpaired) electrons. The molecule has 1 aromatic carbocycles. The van der Waals surface area contributed by atoms with Gasteiger partial charge in [-0.3, -0.25) is 14.7 Å². The van der Waals surface area contributed by atoms with E-state index >= 15 is 0 Å². The van der Waals surface area contributed by atoms with Crippen molar-refractivity contribution in [2.75, 3.05) is 6.54 Å². The zero-order valence-electron chi connectivity index (χ0n) is 16.5. The van der Waals surface area contributed by atoms with E-state index in [0.717, 1.165) is 31.7 Å². The summed E-state index contributed by atoms with van der Waals surface area (Å²) in [5.41, 5.74) is 5.19. The van der Waals surface area contributed by atoms with Crippen LogP contribution in [0, 0.1) is 0 Å². The Kier molecular flexibility index (Phi) is 5.76. The Morgan fingerprint density at radius 1 is 1.10 bits per heavy atom. The molecule has 0 aliphatic carbocycles. The third-order valence-corrected chi connectivity index (χ3v) is 5.20. The topological polar surface area (TPSA) is 60.2 Å². The summed E-state index contributed by atoms with van der Waals surface area (Å²) in [5, 5.41) is 4.25. The van der Waals surface area contributed by atoms with Gasteiger partial charge in [0.1, 0.15) is 20.2 Å². The normalized spacial score (nSPS) is 13.4. The first kappa shape index (κ1) is 19.4. The van der Waals surface area contributed by atoms with E-state index in [0.29, 0.717) is 17.8 Å². The molecule has 4 rings (SSSR count). The fourth-order valence-corrected chi connectivity index (χ4v) is 3.47. The molecule has 7 heteroatoms. The molecule has 3 heterocycles. The molecule has 0 saturated carbocycles. The second-order valence-corrected chi connectivity index (χ2v) is 7.28. The number of pyridine rings is 1. The summed E-state index contributed by atoms with van der Waals surface area (Å²) in [7, 11) is 5.62. The number of nitrogens with zero attached hydrogens (tertiary/aromatic N) is 4. The Morgan fingerprint density at radius 2 is 1.97 bits per heavy atom. The average Bonchev–Trinajstić information content (AvgIpc) is 3.15. The second kappa shape index (κ2) is 8.61. The van der Waals surface area contributed by atoms with E-state index in [9.17, 15) is 4.79 Å². The molecule has 2 aromatic heterocycles. The van der Waals surface area contributed by atoms with Crippen LogP contribution in [0.4, 0.5) is 0 Å². The van der Waals surface area contributed by atoms with Crippen molar-refractivity contribution in [3.63, 3.8) is 0 Å². The van der Waals surface area contributed by atoms with Crippen molar-refractivity contribution < 1.29 is 4.74 Å². The minimum Gasteiger partial charge on any atom is -0.485 e. The van der Waals surface area contributed by atoms with Crippen LogP contribution >= 0.6 is 0 Å². The predicted molar refractivity (Wildman–Crippen MR) is 112 cm³/mol. The van der Waals surface area contributed by atoms with Crippen LogP contribution in [0.15, 0.2) is 53.6 Å². The number of aromatic nitrogens is 3. The molecular formula is C22H23BN4O2. The molecule has 0 atom stereocenters. The van der Waals surface area contributed by atoms with E-state index in [2.05, 4.69) is 40.1 Å². The average molecular weight is 386 g/mol. The number of ether oxygens (including phenoxy) is 1. The van der Waals surface area contributed by atoms with Crippen LogP contribution in [0.25, 0.3) is 0 Å². The van der Waals surface area contributed by atoms with Gasteiger partial charge in [0.25, 0.3) is 5.56 Å². The van der Waals surface area contributed by atoms with Gasteiger partial charge >= 0.3 is 0 Å². The number of fused-ring (bicyclic) bond motifs is 1. The van der Waals surface area contributed by atoms with Gasteiger partial charge in [0.15, 0.2) is 0 Å². The first-order valence-electron chi connectivity index (χ1n) is 9.84. The highest BCUT2D eigenvalue weighted by Crippen LogP contribution is 2.23. The van der Waals surface area contributed by atoms with Crippen LogP contribution in [0.1, 0.15) is 29.3 Å². The Bertz CT molecular complexity index is 1050. The van der Waals surface area contributed by atoms with Crippen molar-refractivity contribution in [1.29, 1.82) is 0 Å². The Balaban J connectivity index is 1.35. The molecule has 1 aliphatic heterocycles. The van der Waals surface area contributed by atoms with E-state index < -0.39 is 0 Å². The van der Waals surface area contributed by atoms with E-state index in [-0.39, 0.29) is 12.2 Å².